The van der Waals surface area contributed by atoms with E-state index in [0.717, 1.165) is 24.1 Å². The summed E-state index contributed by atoms with van der Waals surface area (Å²) >= 11 is 3.54. The van der Waals surface area contributed by atoms with Crippen LogP contribution >= 0.6 is 15.9 Å². The van der Waals surface area contributed by atoms with E-state index in [1.54, 1.807) is 0 Å². The first-order valence-corrected chi connectivity index (χ1v) is 7.18. The van der Waals surface area contributed by atoms with Crippen molar-refractivity contribution in [1.82, 2.24) is 0 Å². The van der Waals surface area contributed by atoms with E-state index in [2.05, 4.69) is 65.4 Å². The average molecular weight is 313 g/mol. The highest BCUT2D eigenvalue weighted by atomic mass is 79.9. The Hall–Kier alpha value is -0.740. The third-order valence-corrected chi connectivity index (χ3v) is 3.92. The van der Waals surface area contributed by atoms with Gasteiger partial charge in [-0.05, 0) is 30.5 Å². The monoisotopic (exact) mass is 312 g/mol. The summed E-state index contributed by atoms with van der Waals surface area (Å²) in [6.07, 6.45) is 1.07. The number of rotatable bonds is 3. The number of hydrogen-bond donors (Lipinski definition) is 1. The molecule has 0 aromatic heterocycles. The Balaban J connectivity index is 2.18. The second-order valence-electron chi connectivity index (χ2n) is 5.15. The third-order valence-electron chi connectivity index (χ3n) is 3.42. The molecule has 3 nitrogen and oxygen atoms in total. The minimum absolute atomic E-state index is 0.492. The van der Waals surface area contributed by atoms with E-state index < -0.39 is 0 Å². The molecule has 1 aromatic rings. The summed E-state index contributed by atoms with van der Waals surface area (Å²) in [4.78, 5) is 2.14. The first-order chi connectivity index (χ1) is 8.58. The first-order valence-electron chi connectivity index (χ1n) is 6.39. The number of hydrogen-bond acceptors (Lipinski definition) is 3. The second-order valence-corrected chi connectivity index (χ2v) is 6.06. The number of ether oxygens (including phenoxy) is 1. The van der Waals surface area contributed by atoms with Crippen molar-refractivity contribution in [2.75, 3.05) is 37.5 Å². The number of anilines is 2. The number of benzene rings is 1. The normalized spacial score (nSPS) is 23.8. The van der Waals surface area contributed by atoms with E-state index in [1.807, 2.05) is 0 Å². The van der Waals surface area contributed by atoms with Gasteiger partial charge in [0.15, 0.2) is 0 Å². The van der Waals surface area contributed by atoms with Crippen LogP contribution in [0.15, 0.2) is 22.7 Å². The van der Waals surface area contributed by atoms with Crippen molar-refractivity contribution in [2.45, 2.75) is 19.4 Å². The van der Waals surface area contributed by atoms with Gasteiger partial charge < -0.3 is 15.0 Å². The SMILES string of the molecule is CC1COCCC1Nc1cc(Br)ccc1N(C)C. The van der Waals surface area contributed by atoms with Crippen LogP contribution in [0.25, 0.3) is 0 Å². The molecule has 1 aliphatic heterocycles. The number of nitrogens with one attached hydrogen (secondary N) is 1. The van der Waals surface area contributed by atoms with Gasteiger partial charge in [0.1, 0.15) is 0 Å². The number of nitrogens with zero attached hydrogens (tertiary/aromatic N) is 1. The van der Waals surface area contributed by atoms with Gasteiger partial charge in [0.2, 0.25) is 0 Å². The van der Waals surface area contributed by atoms with Crippen LogP contribution in [0.3, 0.4) is 0 Å². The lowest BCUT2D eigenvalue weighted by molar-refractivity contribution is 0.0538. The zero-order valence-electron chi connectivity index (χ0n) is 11.2. The molecule has 100 valence electrons. The summed E-state index contributed by atoms with van der Waals surface area (Å²) in [5.41, 5.74) is 2.41. The van der Waals surface area contributed by atoms with Crippen molar-refractivity contribution < 1.29 is 4.74 Å². The molecule has 1 fully saturated rings. The standard InChI is InChI=1S/C14H21BrN2O/c1-10-9-18-7-6-12(10)16-13-8-11(15)4-5-14(13)17(2)3/h4-5,8,10,12,16H,6-7,9H2,1-3H3. The molecule has 0 saturated carbocycles. The maximum Gasteiger partial charge on any atom is 0.0597 e. The van der Waals surface area contributed by atoms with Gasteiger partial charge in [-0.2, -0.15) is 0 Å². The molecule has 2 unspecified atom stereocenters. The summed E-state index contributed by atoms with van der Waals surface area (Å²) in [5.74, 6) is 0.549. The van der Waals surface area contributed by atoms with E-state index in [9.17, 15) is 0 Å². The topological polar surface area (TPSA) is 24.5 Å². The Bertz CT molecular complexity index is 409. The van der Waals surface area contributed by atoms with Crippen LogP contribution in [-0.2, 0) is 4.74 Å². The van der Waals surface area contributed by atoms with Gasteiger partial charge in [-0.15, -0.1) is 0 Å². The van der Waals surface area contributed by atoms with E-state index in [0.29, 0.717) is 12.0 Å². The number of halogens is 1. The Morgan fingerprint density at radius 2 is 2.17 bits per heavy atom. The smallest absolute Gasteiger partial charge is 0.0597 e. The van der Waals surface area contributed by atoms with E-state index in [4.69, 9.17) is 4.74 Å². The Labute approximate surface area is 118 Å². The summed E-state index contributed by atoms with van der Waals surface area (Å²) < 4.78 is 6.60. The van der Waals surface area contributed by atoms with Crippen molar-refractivity contribution in [3.8, 4) is 0 Å². The van der Waals surface area contributed by atoms with Crippen LogP contribution in [-0.4, -0.2) is 33.4 Å². The van der Waals surface area contributed by atoms with Gasteiger partial charge in [0.05, 0.1) is 18.0 Å². The second kappa shape index (κ2) is 5.93. The van der Waals surface area contributed by atoms with Crippen molar-refractivity contribution >= 4 is 27.3 Å². The minimum atomic E-state index is 0.492. The van der Waals surface area contributed by atoms with Crippen molar-refractivity contribution in [2.24, 2.45) is 5.92 Å². The summed E-state index contributed by atoms with van der Waals surface area (Å²) in [6.45, 7) is 3.94. The van der Waals surface area contributed by atoms with Crippen LogP contribution in [0.2, 0.25) is 0 Å². The van der Waals surface area contributed by atoms with Gasteiger partial charge in [-0.25, -0.2) is 0 Å². The summed E-state index contributed by atoms with van der Waals surface area (Å²) in [6, 6.07) is 6.86. The molecule has 0 aliphatic carbocycles. The molecule has 2 atom stereocenters. The molecule has 2 rings (SSSR count). The van der Waals surface area contributed by atoms with Gasteiger partial charge in [-0.1, -0.05) is 22.9 Å². The lowest BCUT2D eigenvalue weighted by atomic mass is 9.97. The largest absolute Gasteiger partial charge is 0.381 e. The molecule has 0 amide bonds. The van der Waals surface area contributed by atoms with E-state index in [-0.39, 0.29) is 0 Å². The van der Waals surface area contributed by atoms with Crippen molar-refractivity contribution in [3.63, 3.8) is 0 Å². The molecule has 1 heterocycles. The predicted octanol–water partition coefficient (Wildman–Crippen LogP) is 3.35. The fraction of sp³-hybridized carbons (Fsp3) is 0.571. The molecular weight excluding hydrogens is 292 g/mol. The van der Waals surface area contributed by atoms with Crippen LogP contribution in [0.1, 0.15) is 13.3 Å². The molecule has 18 heavy (non-hydrogen) atoms. The predicted molar refractivity (Wildman–Crippen MR) is 80.5 cm³/mol. The molecular formula is C14H21BrN2O. The molecule has 1 N–H and O–H groups in total. The van der Waals surface area contributed by atoms with Crippen LogP contribution in [0, 0.1) is 5.92 Å². The zero-order valence-corrected chi connectivity index (χ0v) is 12.8. The third kappa shape index (κ3) is 3.18. The van der Waals surface area contributed by atoms with Crippen LogP contribution in [0.5, 0.6) is 0 Å². The lowest BCUT2D eigenvalue weighted by Gasteiger charge is -2.32. The van der Waals surface area contributed by atoms with Gasteiger partial charge in [-0.3, -0.25) is 0 Å². The molecule has 0 bridgehead atoms. The lowest BCUT2D eigenvalue weighted by Crippen LogP contribution is -2.36. The Morgan fingerprint density at radius 1 is 1.39 bits per heavy atom. The highest BCUT2D eigenvalue weighted by Gasteiger charge is 2.22. The fourth-order valence-electron chi connectivity index (χ4n) is 2.31. The fourth-order valence-corrected chi connectivity index (χ4v) is 2.67. The van der Waals surface area contributed by atoms with Crippen molar-refractivity contribution in [3.05, 3.63) is 22.7 Å². The van der Waals surface area contributed by atoms with Gasteiger partial charge in [0.25, 0.3) is 0 Å². The van der Waals surface area contributed by atoms with Gasteiger partial charge >= 0.3 is 0 Å². The highest BCUT2D eigenvalue weighted by Crippen LogP contribution is 2.30. The molecule has 0 spiro atoms. The molecule has 1 saturated heterocycles. The average Bonchev–Trinajstić information content (AvgIpc) is 2.32. The Morgan fingerprint density at radius 3 is 2.83 bits per heavy atom. The molecule has 0 radical (unpaired) electrons. The maximum absolute atomic E-state index is 5.49. The highest BCUT2D eigenvalue weighted by molar-refractivity contribution is 9.10. The van der Waals surface area contributed by atoms with E-state index >= 15 is 0 Å². The Kier molecular flexibility index (Phi) is 4.51. The van der Waals surface area contributed by atoms with Gasteiger partial charge in [0, 0.05) is 31.2 Å². The molecule has 4 heteroatoms. The van der Waals surface area contributed by atoms with Crippen molar-refractivity contribution in [1.29, 1.82) is 0 Å². The minimum Gasteiger partial charge on any atom is -0.381 e. The summed E-state index contributed by atoms with van der Waals surface area (Å²) in [7, 11) is 4.14. The van der Waals surface area contributed by atoms with E-state index in [1.165, 1.54) is 11.4 Å². The first kappa shape index (κ1) is 13.7. The van der Waals surface area contributed by atoms with Crippen LogP contribution in [0.4, 0.5) is 11.4 Å². The summed E-state index contributed by atoms with van der Waals surface area (Å²) in [5, 5.41) is 3.67. The molecule has 1 aliphatic rings. The van der Waals surface area contributed by atoms with Crippen LogP contribution < -0.4 is 10.2 Å². The zero-order chi connectivity index (χ0) is 13.1. The quantitative estimate of drug-likeness (QED) is 0.926. The maximum atomic E-state index is 5.49. The molecule has 1 aromatic carbocycles.